The lowest BCUT2D eigenvalue weighted by Gasteiger charge is -2.06. The van der Waals surface area contributed by atoms with Crippen molar-refractivity contribution < 1.29 is 9.66 Å². The van der Waals surface area contributed by atoms with E-state index in [0.717, 1.165) is 16.9 Å². The molecule has 0 radical (unpaired) electrons. The van der Waals surface area contributed by atoms with Gasteiger partial charge in [0, 0.05) is 17.2 Å². The normalized spacial score (nSPS) is 10.3. The summed E-state index contributed by atoms with van der Waals surface area (Å²) in [6.07, 6.45) is 0.549. The quantitative estimate of drug-likeness (QED) is 0.611. The molecule has 0 saturated carbocycles. The van der Waals surface area contributed by atoms with E-state index in [9.17, 15) is 10.1 Å². The molecule has 0 N–H and O–H groups in total. The smallest absolute Gasteiger partial charge is 0.269 e. The Hall–Kier alpha value is -2.07. The highest BCUT2D eigenvalue weighted by molar-refractivity contribution is 6.31. The van der Waals surface area contributed by atoms with Crippen molar-refractivity contribution in [1.82, 2.24) is 0 Å². The molecular weight excluding hydrogens is 278 g/mol. The predicted molar refractivity (Wildman–Crippen MR) is 78.5 cm³/mol. The van der Waals surface area contributed by atoms with Crippen molar-refractivity contribution in [3.63, 3.8) is 0 Å². The first-order valence-electron chi connectivity index (χ1n) is 6.24. The number of nitro groups is 1. The lowest BCUT2D eigenvalue weighted by molar-refractivity contribution is -0.384. The van der Waals surface area contributed by atoms with Crippen LogP contribution in [0.1, 0.15) is 18.1 Å². The number of halogens is 1. The van der Waals surface area contributed by atoms with Gasteiger partial charge in [-0.3, -0.25) is 10.1 Å². The molecule has 104 valence electrons. The summed E-state index contributed by atoms with van der Waals surface area (Å²) in [5, 5.41) is 11.3. The Kier molecular flexibility index (Phi) is 4.58. The number of ether oxygens (including phenoxy) is 1. The lowest BCUT2D eigenvalue weighted by Crippen LogP contribution is -1.94. The number of hydrogen-bond acceptors (Lipinski definition) is 3. The third-order valence-electron chi connectivity index (χ3n) is 2.87. The van der Waals surface area contributed by atoms with Crippen molar-refractivity contribution in [3.8, 4) is 5.75 Å². The van der Waals surface area contributed by atoms with E-state index >= 15 is 0 Å². The second-order valence-corrected chi connectivity index (χ2v) is 4.69. The zero-order valence-corrected chi connectivity index (χ0v) is 11.8. The average Bonchev–Trinajstić information content (AvgIpc) is 2.43. The van der Waals surface area contributed by atoms with Gasteiger partial charge in [0.1, 0.15) is 5.75 Å². The molecular formula is C15H14ClNO3. The van der Waals surface area contributed by atoms with Crippen LogP contribution >= 0.6 is 11.6 Å². The molecule has 2 aromatic rings. The van der Waals surface area contributed by atoms with Crippen LogP contribution in [-0.4, -0.2) is 11.5 Å². The topological polar surface area (TPSA) is 52.4 Å². The maximum absolute atomic E-state index is 10.8. The minimum absolute atomic E-state index is 0.0512. The van der Waals surface area contributed by atoms with Crippen molar-refractivity contribution in [2.45, 2.75) is 13.3 Å². The molecule has 20 heavy (non-hydrogen) atoms. The zero-order valence-electron chi connectivity index (χ0n) is 11.0. The summed E-state index contributed by atoms with van der Waals surface area (Å²) in [6, 6.07) is 12.1. The molecule has 0 spiro atoms. The fraction of sp³-hybridized carbons (Fsp3) is 0.200. The third-order valence-corrected chi connectivity index (χ3v) is 3.24. The average molecular weight is 292 g/mol. The fourth-order valence-electron chi connectivity index (χ4n) is 1.90. The Balaban J connectivity index is 2.20. The van der Waals surface area contributed by atoms with E-state index in [-0.39, 0.29) is 5.69 Å². The van der Waals surface area contributed by atoms with Gasteiger partial charge in [0.05, 0.1) is 11.5 Å². The first kappa shape index (κ1) is 14.3. The van der Waals surface area contributed by atoms with Crippen molar-refractivity contribution in [1.29, 1.82) is 0 Å². The van der Waals surface area contributed by atoms with Crippen LogP contribution in [0.5, 0.6) is 5.75 Å². The van der Waals surface area contributed by atoms with Gasteiger partial charge in [0.25, 0.3) is 5.69 Å². The Bertz CT molecular complexity index is 611. The van der Waals surface area contributed by atoms with Gasteiger partial charge in [-0.15, -0.1) is 0 Å². The molecule has 0 heterocycles. The van der Waals surface area contributed by atoms with Gasteiger partial charge < -0.3 is 4.74 Å². The molecule has 0 aliphatic carbocycles. The monoisotopic (exact) mass is 291 g/mol. The summed E-state index contributed by atoms with van der Waals surface area (Å²) in [6.45, 7) is 2.55. The molecule has 5 heteroatoms. The molecule has 0 aliphatic rings. The number of benzene rings is 2. The van der Waals surface area contributed by atoms with Gasteiger partial charge in [-0.2, -0.15) is 0 Å². The highest BCUT2D eigenvalue weighted by Gasteiger charge is 2.10. The summed E-state index contributed by atoms with van der Waals surface area (Å²) in [7, 11) is 0. The van der Waals surface area contributed by atoms with Crippen molar-refractivity contribution in [2.75, 3.05) is 6.61 Å². The molecule has 0 atom stereocenters. The van der Waals surface area contributed by atoms with Crippen molar-refractivity contribution >= 4 is 17.3 Å². The largest absolute Gasteiger partial charge is 0.494 e. The minimum atomic E-state index is -0.419. The Morgan fingerprint density at radius 3 is 2.50 bits per heavy atom. The number of rotatable bonds is 5. The fourth-order valence-corrected chi connectivity index (χ4v) is 2.08. The van der Waals surface area contributed by atoms with Gasteiger partial charge in [-0.25, -0.2) is 0 Å². The summed E-state index contributed by atoms with van der Waals surface area (Å²) in [5.74, 6) is 0.807. The summed E-state index contributed by atoms with van der Waals surface area (Å²) < 4.78 is 5.37. The molecule has 0 fully saturated rings. The summed E-state index contributed by atoms with van der Waals surface area (Å²) in [4.78, 5) is 10.4. The van der Waals surface area contributed by atoms with Crippen molar-refractivity contribution in [3.05, 3.63) is 68.7 Å². The lowest BCUT2D eigenvalue weighted by atomic mass is 10.0. The number of hydrogen-bond donors (Lipinski definition) is 0. The first-order chi connectivity index (χ1) is 9.60. The van der Waals surface area contributed by atoms with Crippen LogP contribution in [0.25, 0.3) is 0 Å². The Morgan fingerprint density at radius 1 is 1.20 bits per heavy atom. The predicted octanol–water partition coefficient (Wildman–Crippen LogP) is 4.24. The number of non-ortho nitro benzene ring substituents is 1. The van der Waals surface area contributed by atoms with E-state index in [2.05, 4.69) is 0 Å². The van der Waals surface area contributed by atoms with Gasteiger partial charge in [0.15, 0.2) is 0 Å². The van der Waals surface area contributed by atoms with E-state index in [0.29, 0.717) is 18.1 Å². The van der Waals surface area contributed by atoms with Crippen LogP contribution in [0, 0.1) is 10.1 Å². The van der Waals surface area contributed by atoms with Gasteiger partial charge in [0.2, 0.25) is 0 Å². The van der Waals surface area contributed by atoms with E-state index in [4.69, 9.17) is 16.3 Å². The SMILES string of the molecule is CCOc1ccc(Cc2cc([N+](=O)[O-])ccc2Cl)cc1. The summed E-state index contributed by atoms with van der Waals surface area (Å²) in [5.41, 5.74) is 1.82. The molecule has 0 amide bonds. The molecule has 4 nitrogen and oxygen atoms in total. The summed E-state index contributed by atoms with van der Waals surface area (Å²) >= 11 is 6.08. The molecule has 0 aliphatic heterocycles. The van der Waals surface area contributed by atoms with Crippen LogP contribution < -0.4 is 4.74 Å². The van der Waals surface area contributed by atoms with E-state index in [1.54, 1.807) is 6.07 Å². The highest BCUT2D eigenvalue weighted by Crippen LogP contribution is 2.25. The molecule has 0 unspecified atom stereocenters. The van der Waals surface area contributed by atoms with Crippen LogP contribution in [0.15, 0.2) is 42.5 Å². The van der Waals surface area contributed by atoms with E-state index in [1.807, 2.05) is 31.2 Å². The standard InChI is InChI=1S/C15H14ClNO3/c1-2-20-14-6-3-11(4-7-14)9-12-10-13(17(18)19)5-8-15(12)16/h3-8,10H,2,9H2,1H3. The van der Waals surface area contributed by atoms with E-state index < -0.39 is 4.92 Å². The van der Waals surface area contributed by atoms with Gasteiger partial charge >= 0.3 is 0 Å². The number of nitrogens with zero attached hydrogens (tertiary/aromatic N) is 1. The van der Waals surface area contributed by atoms with Crippen LogP contribution in [0.2, 0.25) is 5.02 Å². The molecule has 2 aromatic carbocycles. The molecule has 0 bridgehead atoms. The zero-order chi connectivity index (χ0) is 14.5. The van der Waals surface area contributed by atoms with Gasteiger partial charge in [-0.1, -0.05) is 23.7 Å². The van der Waals surface area contributed by atoms with Crippen molar-refractivity contribution in [2.24, 2.45) is 0 Å². The van der Waals surface area contributed by atoms with Gasteiger partial charge in [-0.05, 0) is 42.7 Å². The molecule has 2 rings (SSSR count). The minimum Gasteiger partial charge on any atom is -0.494 e. The van der Waals surface area contributed by atoms with Crippen LogP contribution in [-0.2, 0) is 6.42 Å². The maximum atomic E-state index is 10.8. The van der Waals surface area contributed by atoms with Crippen LogP contribution in [0.4, 0.5) is 5.69 Å². The number of nitro benzene ring substituents is 1. The molecule has 0 saturated heterocycles. The Labute approximate surface area is 122 Å². The second-order valence-electron chi connectivity index (χ2n) is 4.29. The van der Waals surface area contributed by atoms with E-state index in [1.165, 1.54) is 12.1 Å². The molecule has 0 aromatic heterocycles. The second kappa shape index (κ2) is 6.39. The maximum Gasteiger partial charge on any atom is 0.269 e. The Morgan fingerprint density at radius 2 is 1.90 bits per heavy atom. The highest BCUT2D eigenvalue weighted by atomic mass is 35.5. The first-order valence-corrected chi connectivity index (χ1v) is 6.62. The third kappa shape index (κ3) is 3.48. The van der Waals surface area contributed by atoms with Crippen LogP contribution in [0.3, 0.4) is 0 Å².